The Morgan fingerprint density at radius 2 is 2.15 bits per heavy atom. The van der Waals surface area contributed by atoms with Gasteiger partial charge in [-0.3, -0.25) is 4.79 Å². The van der Waals surface area contributed by atoms with Crippen LogP contribution in [-0.4, -0.2) is 37.6 Å². The van der Waals surface area contributed by atoms with Crippen molar-refractivity contribution in [3.63, 3.8) is 0 Å². The van der Waals surface area contributed by atoms with Crippen LogP contribution in [0.5, 0.6) is 5.75 Å². The van der Waals surface area contributed by atoms with E-state index in [1.165, 1.54) is 11.0 Å². The highest BCUT2D eigenvalue weighted by molar-refractivity contribution is 5.77. The van der Waals surface area contributed by atoms with Gasteiger partial charge in [-0.05, 0) is 38.1 Å². The molecule has 0 saturated carbocycles. The fourth-order valence-corrected chi connectivity index (χ4v) is 1.75. The minimum Gasteiger partial charge on any atom is -0.481 e. The van der Waals surface area contributed by atoms with Crippen LogP contribution in [0.3, 0.4) is 0 Å². The predicted molar refractivity (Wildman–Crippen MR) is 77.3 cm³/mol. The van der Waals surface area contributed by atoms with Gasteiger partial charge in [-0.1, -0.05) is 13.0 Å². The molecule has 0 radical (unpaired) electrons. The van der Waals surface area contributed by atoms with Gasteiger partial charge in [0.1, 0.15) is 0 Å². The van der Waals surface area contributed by atoms with Crippen molar-refractivity contribution >= 4 is 5.91 Å². The van der Waals surface area contributed by atoms with Crippen LogP contribution in [0.15, 0.2) is 18.2 Å². The number of rotatable bonds is 7. The summed E-state index contributed by atoms with van der Waals surface area (Å²) in [7, 11) is 1.68. The second-order valence-electron chi connectivity index (χ2n) is 4.67. The van der Waals surface area contributed by atoms with E-state index in [-0.39, 0.29) is 24.3 Å². The molecule has 1 aromatic rings. The molecule has 20 heavy (non-hydrogen) atoms. The van der Waals surface area contributed by atoms with Gasteiger partial charge in [0, 0.05) is 19.6 Å². The lowest BCUT2D eigenvalue weighted by Crippen LogP contribution is -2.31. The van der Waals surface area contributed by atoms with Gasteiger partial charge in [0.25, 0.3) is 5.91 Å². The summed E-state index contributed by atoms with van der Waals surface area (Å²) in [6, 6.07) is 4.89. The Morgan fingerprint density at radius 3 is 2.70 bits per heavy atom. The molecule has 0 fully saturated rings. The van der Waals surface area contributed by atoms with E-state index in [0.717, 1.165) is 12.1 Å². The Kier molecular flexibility index (Phi) is 6.45. The average molecular weight is 282 g/mol. The summed E-state index contributed by atoms with van der Waals surface area (Å²) >= 11 is 0. The molecule has 0 aliphatic carbocycles. The third-order valence-corrected chi connectivity index (χ3v) is 3.22. The molecule has 1 rings (SSSR count). The Labute approximate surface area is 119 Å². The molecule has 1 N–H and O–H groups in total. The van der Waals surface area contributed by atoms with E-state index in [4.69, 9.17) is 4.74 Å². The number of likely N-dealkylation sites (N-methyl/N-ethyl adjacent to an activating group) is 1. The summed E-state index contributed by atoms with van der Waals surface area (Å²) in [5.74, 6) is -0.508. The molecule has 1 atom stereocenters. The van der Waals surface area contributed by atoms with Crippen molar-refractivity contribution < 1.29 is 13.9 Å². The van der Waals surface area contributed by atoms with E-state index >= 15 is 0 Å². The number of ether oxygens (including phenoxy) is 1. The molecule has 0 bridgehead atoms. The molecule has 0 saturated heterocycles. The molecule has 5 heteroatoms. The zero-order valence-electron chi connectivity index (χ0n) is 12.6. The lowest BCUT2D eigenvalue weighted by atomic mass is 10.1. The summed E-state index contributed by atoms with van der Waals surface area (Å²) in [5, 5.41) is 3.21. The fraction of sp³-hybridized carbons (Fsp3) is 0.533. The Morgan fingerprint density at radius 1 is 1.45 bits per heavy atom. The predicted octanol–water partition coefficient (Wildman–Crippen LogP) is 2.35. The Bertz CT molecular complexity index is 451. The van der Waals surface area contributed by atoms with Crippen LogP contribution >= 0.6 is 0 Å². The van der Waals surface area contributed by atoms with Gasteiger partial charge >= 0.3 is 0 Å². The maximum atomic E-state index is 13.9. The zero-order valence-corrected chi connectivity index (χ0v) is 12.6. The molecule has 4 nitrogen and oxygen atoms in total. The molecule has 112 valence electrons. The van der Waals surface area contributed by atoms with Crippen molar-refractivity contribution in [2.75, 3.05) is 26.7 Å². The van der Waals surface area contributed by atoms with Crippen LogP contribution in [0.1, 0.15) is 32.4 Å². The first-order valence-electron chi connectivity index (χ1n) is 6.89. The second kappa shape index (κ2) is 7.85. The lowest BCUT2D eigenvalue weighted by molar-refractivity contribution is -0.131. The van der Waals surface area contributed by atoms with Crippen LogP contribution in [0.25, 0.3) is 0 Å². The van der Waals surface area contributed by atoms with Gasteiger partial charge in [0.15, 0.2) is 18.2 Å². The average Bonchev–Trinajstić information content (AvgIpc) is 2.44. The fourth-order valence-electron chi connectivity index (χ4n) is 1.75. The van der Waals surface area contributed by atoms with Crippen molar-refractivity contribution in [3.8, 4) is 5.75 Å². The van der Waals surface area contributed by atoms with Gasteiger partial charge < -0.3 is 15.0 Å². The van der Waals surface area contributed by atoms with Crippen molar-refractivity contribution in [2.24, 2.45) is 0 Å². The Balaban J connectivity index is 2.67. The monoisotopic (exact) mass is 282 g/mol. The molecule has 0 aliphatic heterocycles. The number of amides is 1. The van der Waals surface area contributed by atoms with E-state index in [1.54, 1.807) is 19.2 Å². The largest absolute Gasteiger partial charge is 0.481 e. The molecule has 1 aromatic carbocycles. The van der Waals surface area contributed by atoms with E-state index in [1.807, 2.05) is 20.8 Å². The number of benzene rings is 1. The normalized spacial score (nSPS) is 12.1. The molecule has 0 aromatic heterocycles. The van der Waals surface area contributed by atoms with Crippen LogP contribution < -0.4 is 10.1 Å². The van der Waals surface area contributed by atoms with Crippen LogP contribution in [0.4, 0.5) is 4.39 Å². The van der Waals surface area contributed by atoms with Crippen LogP contribution in [0.2, 0.25) is 0 Å². The number of carbonyl (C=O) groups excluding carboxylic acids is 1. The highest BCUT2D eigenvalue weighted by atomic mass is 19.1. The number of halogens is 1. The smallest absolute Gasteiger partial charge is 0.260 e. The topological polar surface area (TPSA) is 41.6 Å². The third-order valence-electron chi connectivity index (χ3n) is 3.22. The maximum absolute atomic E-state index is 13.9. The molecule has 0 spiro atoms. The van der Waals surface area contributed by atoms with Gasteiger partial charge in [0.05, 0.1) is 0 Å². The van der Waals surface area contributed by atoms with E-state index in [9.17, 15) is 9.18 Å². The SMILES string of the molecule is CCNC(C)c1ccc(OCC(=O)N(C)CC)c(F)c1. The Hall–Kier alpha value is -1.62. The quantitative estimate of drug-likeness (QED) is 0.834. The van der Waals surface area contributed by atoms with Crippen LogP contribution in [-0.2, 0) is 4.79 Å². The first-order valence-corrected chi connectivity index (χ1v) is 6.89. The molecule has 0 aliphatic rings. The first kappa shape index (κ1) is 16.4. The minimum atomic E-state index is -0.445. The van der Waals surface area contributed by atoms with Crippen LogP contribution in [0, 0.1) is 5.82 Å². The molecular weight excluding hydrogens is 259 g/mol. The van der Waals surface area contributed by atoms with E-state index in [2.05, 4.69) is 5.32 Å². The first-order chi connectivity index (χ1) is 9.49. The highest BCUT2D eigenvalue weighted by Gasteiger charge is 2.12. The lowest BCUT2D eigenvalue weighted by Gasteiger charge is -2.16. The van der Waals surface area contributed by atoms with Crippen molar-refractivity contribution in [3.05, 3.63) is 29.6 Å². The molecular formula is C15H23FN2O2. The van der Waals surface area contributed by atoms with Crippen molar-refractivity contribution in [1.29, 1.82) is 0 Å². The number of nitrogens with one attached hydrogen (secondary N) is 1. The summed E-state index contributed by atoms with van der Waals surface area (Å²) in [5.41, 5.74) is 0.855. The van der Waals surface area contributed by atoms with Gasteiger partial charge in [-0.2, -0.15) is 0 Å². The summed E-state index contributed by atoms with van der Waals surface area (Å²) in [6.45, 7) is 7.11. The highest BCUT2D eigenvalue weighted by Crippen LogP contribution is 2.22. The second-order valence-corrected chi connectivity index (χ2v) is 4.67. The number of hydrogen-bond donors (Lipinski definition) is 1. The number of hydrogen-bond acceptors (Lipinski definition) is 3. The number of carbonyl (C=O) groups is 1. The maximum Gasteiger partial charge on any atom is 0.260 e. The standard InChI is InChI=1S/C15H23FN2O2/c1-5-17-11(3)12-7-8-14(13(16)9-12)20-10-15(19)18(4)6-2/h7-9,11,17H,5-6,10H2,1-4H3. The third kappa shape index (κ3) is 4.49. The minimum absolute atomic E-state index is 0.0800. The molecule has 0 heterocycles. The summed E-state index contributed by atoms with van der Waals surface area (Å²) < 4.78 is 19.1. The molecule has 1 unspecified atom stereocenters. The zero-order chi connectivity index (χ0) is 15.1. The van der Waals surface area contributed by atoms with Gasteiger partial charge in [0.2, 0.25) is 0 Å². The van der Waals surface area contributed by atoms with Gasteiger partial charge in [-0.15, -0.1) is 0 Å². The van der Waals surface area contributed by atoms with Crippen molar-refractivity contribution in [1.82, 2.24) is 10.2 Å². The summed E-state index contributed by atoms with van der Waals surface area (Å²) in [6.07, 6.45) is 0. The van der Waals surface area contributed by atoms with Gasteiger partial charge in [-0.25, -0.2) is 4.39 Å². The summed E-state index contributed by atoms with van der Waals surface area (Å²) in [4.78, 5) is 13.1. The van der Waals surface area contributed by atoms with E-state index in [0.29, 0.717) is 6.54 Å². The van der Waals surface area contributed by atoms with E-state index < -0.39 is 5.82 Å². The molecule has 1 amide bonds. The van der Waals surface area contributed by atoms with Crippen molar-refractivity contribution in [2.45, 2.75) is 26.8 Å². The number of nitrogens with zero attached hydrogens (tertiary/aromatic N) is 1.